The van der Waals surface area contributed by atoms with E-state index >= 15 is 0 Å². The number of hydrogen-bond donors (Lipinski definition) is 1. The van der Waals surface area contributed by atoms with Crippen molar-refractivity contribution in [2.45, 2.75) is 19.4 Å². The van der Waals surface area contributed by atoms with Crippen LogP contribution in [0.3, 0.4) is 0 Å². The molecule has 1 atom stereocenters. The fourth-order valence-corrected chi connectivity index (χ4v) is 1.95. The van der Waals surface area contributed by atoms with Gasteiger partial charge in [0.05, 0.1) is 17.3 Å². The van der Waals surface area contributed by atoms with Gasteiger partial charge in [0.1, 0.15) is 6.10 Å². The van der Waals surface area contributed by atoms with Gasteiger partial charge in [-0.3, -0.25) is 4.79 Å². The lowest BCUT2D eigenvalue weighted by Crippen LogP contribution is -2.28. The van der Waals surface area contributed by atoms with Gasteiger partial charge in [-0.15, -0.1) is 6.58 Å². The summed E-state index contributed by atoms with van der Waals surface area (Å²) in [5, 5.41) is 3.20. The summed E-state index contributed by atoms with van der Waals surface area (Å²) in [4.78, 5) is 11.8. The number of anilines is 1. The van der Waals surface area contributed by atoms with Crippen LogP contribution in [0.2, 0.25) is 5.02 Å². The van der Waals surface area contributed by atoms with E-state index < -0.39 is 6.10 Å². The Morgan fingerprint density at radius 3 is 3.00 bits per heavy atom. The number of hydrogen-bond acceptors (Lipinski definition) is 2. The molecule has 0 aliphatic heterocycles. The maximum atomic E-state index is 11.8. The lowest BCUT2D eigenvalue weighted by Gasteiger charge is -2.13. The molecule has 0 radical (unpaired) electrons. The van der Waals surface area contributed by atoms with E-state index in [1.54, 1.807) is 25.1 Å². The lowest BCUT2D eigenvalue weighted by molar-refractivity contribution is -0.126. The van der Waals surface area contributed by atoms with Crippen LogP contribution >= 0.6 is 27.5 Å². The van der Waals surface area contributed by atoms with Gasteiger partial charge in [-0.1, -0.05) is 33.6 Å². The molecule has 0 saturated heterocycles. The Balaban J connectivity index is 2.55. The first kappa shape index (κ1) is 15.2. The molecule has 1 amide bonds. The highest BCUT2D eigenvalue weighted by molar-refractivity contribution is 9.10. The largest absolute Gasteiger partial charge is 0.368 e. The summed E-state index contributed by atoms with van der Waals surface area (Å²) in [5.41, 5.74) is 0.573. The summed E-state index contributed by atoms with van der Waals surface area (Å²) < 4.78 is 6.21. The average Bonchev–Trinajstić information content (AvgIpc) is 2.32. The Morgan fingerprint density at radius 1 is 1.67 bits per heavy atom. The van der Waals surface area contributed by atoms with Gasteiger partial charge < -0.3 is 10.1 Å². The van der Waals surface area contributed by atoms with Crippen LogP contribution in [0, 0.1) is 0 Å². The van der Waals surface area contributed by atoms with Crippen molar-refractivity contribution in [3.63, 3.8) is 0 Å². The predicted molar refractivity (Wildman–Crippen MR) is 78.0 cm³/mol. The smallest absolute Gasteiger partial charge is 0.253 e. The zero-order valence-electron chi connectivity index (χ0n) is 10.1. The molecule has 0 heterocycles. The van der Waals surface area contributed by atoms with Crippen LogP contribution in [-0.4, -0.2) is 18.6 Å². The molecule has 0 spiro atoms. The molecule has 1 rings (SSSR count). The number of ether oxygens (including phenoxy) is 1. The monoisotopic (exact) mass is 331 g/mol. The topological polar surface area (TPSA) is 38.3 Å². The van der Waals surface area contributed by atoms with Crippen LogP contribution in [-0.2, 0) is 9.53 Å². The van der Waals surface area contributed by atoms with Crippen LogP contribution in [0.1, 0.15) is 13.3 Å². The van der Waals surface area contributed by atoms with Gasteiger partial charge in [-0.2, -0.15) is 0 Å². The summed E-state index contributed by atoms with van der Waals surface area (Å²) in [7, 11) is 0. The first-order valence-electron chi connectivity index (χ1n) is 5.53. The minimum absolute atomic E-state index is 0.219. The van der Waals surface area contributed by atoms with E-state index in [1.807, 2.05) is 6.07 Å². The summed E-state index contributed by atoms with van der Waals surface area (Å²) in [6.07, 6.45) is 1.94. The minimum Gasteiger partial charge on any atom is -0.368 e. The standard InChI is InChI=1S/C13H15BrClNO2/c1-3-4-7-18-9(2)13(17)16-12-6-5-10(14)8-11(12)15/h3,5-6,8-9H,1,4,7H2,2H3,(H,16,17). The molecule has 5 heteroatoms. The van der Waals surface area contributed by atoms with E-state index in [2.05, 4.69) is 27.8 Å². The number of carbonyl (C=O) groups excluding carboxylic acids is 1. The number of carbonyl (C=O) groups is 1. The minimum atomic E-state index is -0.523. The SMILES string of the molecule is C=CCCOC(C)C(=O)Nc1ccc(Br)cc1Cl. The van der Waals surface area contributed by atoms with Gasteiger partial charge in [0, 0.05) is 4.47 Å². The fraction of sp³-hybridized carbons (Fsp3) is 0.308. The van der Waals surface area contributed by atoms with E-state index in [4.69, 9.17) is 16.3 Å². The van der Waals surface area contributed by atoms with Gasteiger partial charge in [0.2, 0.25) is 0 Å². The second kappa shape index (κ2) is 7.56. The van der Waals surface area contributed by atoms with Crippen molar-refractivity contribution < 1.29 is 9.53 Å². The van der Waals surface area contributed by atoms with Crippen LogP contribution in [0.25, 0.3) is 0 Å². The van der Waals surface area contributed by atoms with Gasteiger partial charge in [-0.25, -0.2) is 0 Å². The molecule has 18 heavy (non-hydrogen) atoms. The molecule has 1 aromatic carbocycles. The third-order valence-corrected chi connectivity index (χ3v) is 3.05. The Hall–Kier alpha value is -0.840. The van der Waals surface area contributed by atoms with Crippen LogP contribution in [0.4, 0.5) is 5.69 Å². The quantitative estimate of drug-likeness (QED) is 0.631. The first-order valence-corrected chi connectivity index (χ1v) is 6.70. The van der Waals surface area contributed by atoms with Crippen LogP contribution < -0.4 is 5.32 Å². The van der Waals surface area contributed by atoms with Gasteiger partial charge in [-0.05, 0) is 31.5 Å². The van der Waals surface area contributed by atoms with Crippen molar-refractivity contribution >= 4 is 39.1 Å². The Bertz CT molecular complexity index is 437. The molecule has 0 fully saturated rings. The van der Waals surface area contributed by atoms with Crippen molar-refractivity contribution in [1.29, 1.82) is 0 Å². The van der Waals surface area contributed by atoms with Crippen molar-refractivity contribution in [1.82, 2.24) is 0 Å². The third kappa shape index (κ3) is 4.80. The normalized spacial score (nSPS) is 11.9. The highest BCUT2D eigenvalue weighted by Crippen LogP contribution is 2.25. The molecular formula is C13H15BrClNO2. The summed E-state index contributed by atoms with van der Waals surface area (Å²) in [5.74, 6) is -0.219. The van der Waals surface area contributed by atoms with Gasteiger partial charge in [0.15, 0.2) is 0 Å². The molecule has 0 aliphatic rings. The molecule has 0 saturated carbocycles. The second-order valence-corrected chi connectivity index (χ2v) is 5.03. The maximum Gasteiger partial charge on any atom is 0.253 e. The highest BCUT2D eigenvalue weighted by Gasteiger charge is 2.14. The molecule has 0 aliphatic carbocycles. The van der Waals surface area contributed by atoms with E-state index in [0.717, 1.165) is 10.9 Å². The zero-order chi connectivity index (χ0) is 13.5. The molecule has 3 nitrogen and oxygen atoms in total. The molecular weight excluding hydrogens is 318 g/mol. The van der Waals surface area contributed by atoms with Gasteiger partial charge in [0.25, 0.3) is 5.91 Å². The lowest BCUT2D eigenvalue weighted by atomic mass is 10.3. The zero-order valence-corrected chi connectivity index (χ0v) is 12.4. The number of nitrogens with one attached hydrogen (secondary N) is 1. The average molecular weight is 333 g/mol. The molecule has 0 aromatic heterocycles. The highest BCUT2D eigenvalue weighted by atomic mass is 79.9. The Kier molecular flexibility index (Phi) is 6.39. The predicted octanol–water partition coefficient (Wildman–Crippen LogP) is 4.02. The number of amides is 1. The first-order chi connectivity index (χ1) is 8.54. The van der Waals surface area contributed by atoms with Crippen LogP contribution in [0.15, 0.2) is 35.3 Å². The number of halogens is 2. The molecule has 1 aromatic rings. The second-order valence-electron chi connectivity index (χ2n) is 3.70. The summed E-state index contributed by atoms with van der Waals surface area (Å²) in [6.45, 7) is 5.77. The van der Waals surface area contributed by atoms with Crippen molar-refractivity contribution in [2.75, 3.05) is 11.9 Å². The number of benzene rings is 1. The van der Waals surface area contributed by atoms with E-state index in [-0.39, 0.29) is 5.91 Å². The van der Waals surface area contributed by atoms with E-state index in [1.165, 1.54) is 0 Å². The number of rotatable bonds is 6. The van der Waals surface area contributed by atoms with E-state index in [0.29, 0.717) is 17.3 Å². The molecule has 1 unspecified atom stereocenters. The Morgan fingerprint density at radius 2 is 2.39 bits per heavy atom. The maximum absolute atomic E-state index is 11.8. The molecule has 98 valence electrons. The fourth-order valence-electron chi connectivity index (χ4n) is 1.23. The summed E-state index contributed by atoms with van der Waals surface area (Å²) in [6, 6.07) is 5.27. The Labute approximate surface area is 120 Å². The van der Waals surface area contributed by atoms with Crippen molar-refractivity contribution in [3.8, 4) is 0 Å². The molecule has 0 bridgehead atoms. The summed E-state index contributed by atoms with van der Waals surface area (Å²) >= 11 is 9.31. The van der Waals surface area contributed by atoms with Crippen molar-refractivity contribution in [2.24, 2.45) is 0 Å². The van der Waals surface area contributed by atoms with Crippen LogP contribution in [0.5, 0.6) is 0 Å². The molecule has 1 N–H and O–H groups in total. The third-order valence-electron chi connectivity index (χ3n) is 2.25. The van der Waals surface area contributed by atoms with E-state index in [9.17, 15) is 4.79 Å². The van der Waals surface area contributed by atoms with Crippen molar-refractivity contribution in [3.05, 3.63) is 40.3 Å². The van der Waals surface area contributed by atoms with Gasteiger partial charge >= 0.3 is 0 Å².